The number of rotatable bonds is 0. The second-order valence-electron chi connectivity index (χ2n) is 1.00. The van der Waals surface area contributed by atoms with Gasteiger partial charge in [-0.1, -0.05) is 0 Å². The van der Waals surface area contributed by atoms with Crippen LogP contribution in [0.5, 0.6) is 0 Å². The van der Waals surface area contributed by atoms with Crippen molar-refractivity contribution in [3.63, 3.8) is 0 Å². The smallest absolute Gasteiger partial charge is 0.273 e. The maximum atomic E-state index is 2.99. The van der Waals surface area contributed by atoms with Crippen LogP contribution in [0.3, 0.4) is 0 Å². The fourth-order valence-corrected chi connectivity index (χ4v) is 0.340. The van der Waals surface area contributed by atoms with Crippen LogP contribution in [0.1, 0.15) is 6.42 Å². The molecule has 0 aromatic rings. The van der Waals surface area contributed by atoms with Crippen molar-refractivity contribution in [3.05, 3.63) is 24.3 Å². The van der Waals surface area contributed by atoms with Gasteiger partial charge in [-0.2, -0.15) is 6.08 Å². The molecule has 0 radical (unpaired) electrons. The van der Waals surface area contributed by atoms with Crippen LogP contribution in [0, 0.1) is 6.08 Å². The predicted molar refractivity (Wildman–Crippen MR) is 21.6 cm³/mol. The minimum absolute atomic E-state index is 0. The van der Waals surface area contributed by atoms with E-state index in [-0.39, 0.29) is 21.7 Å². The van der Waals surface area contributed by atoms with Crippen molar-refractivity contribution in [2.45, 2.75) is 6.42 Å². The van der Waals surface area contributed by atoms with E-state index < -0.39 is 0 Å². The second kappa shape index (κ2) is 3.39. The van der Waals surface area contributed by atoms with Crippen LogP contribution in [0.2, 0.25) is 0 Å². The molecule has 0 unspecified atom stereocenters. The molecule has 1 aliphatic carbocycles. The molecule has 0 aromatic carbocycles. The van der Waals surface area contributed by atoms with Crippen molar-refractivity contribution in [2.75, 3.05) is 0 Å². The molecule has 1 rings (SSSR count). The third-order valence-corrected chi connectivity index (χ3v) is 0.586. The van der Waals surface area contributed by atoms with Gasteiger partial charge in [-0.25, -0.2) is 12.2 Å². The average molecular weight is 113 g/mol. The first kappa shape index (κ1) is 6.19. The van der Waals surface area contributed by atoms with E-state index >= 15 is 0 Å². The number of hydrogen-bond donors (Lipinski definition) is 0. The van der Waals surface area contributed by atoms with Gasteiger partial charge < -0.3 is 0 Å². The fourth-order valence-electron chi connectivity index (χ4n) is 0.340. The van der Waals surface area contributed by atoms with E-state index in [4.69, 9.17) is 0 Å². The van der Waals surface area contributed by atoms with Gasteiger partial charge in [0.1, 0.15) is 0 Å². The van der Waals surface area contributed by atoms with Crippen molar-refractivity contribution in [1.82, 2.24) is 0 Å². The largest absolute Gasteiger partial charge is 4.00 e. The molecule has 0 nitrogen and oxygen atoms in total. The Morgan fingerprint density at radius 3 is 2.50 bits per heavy atom. The van der Waals surface area contributed by atoms with Crippen LogP contribution in [0.15, 0.2) is 18.2 Å². The van der Waals surface area contributed by atoms with Crippen LogP contribution in [-0.4, -0.2) is 0 Å². The Morgan fingerprint density at radius 2 is 2.33 bits per heavy atom. The Labute approximate surface area is 52.8 Å². The van der Waals surface area contributed by atoms with Crippen molar-refractivity contribution >= 4 is 0 Å². The maximum Gasteiger partial charge on any atom is 4.00 e. The molecule has 0 spiro atoms. The van der Waals surface area contributed by atoms with Gasteiger partial charge in [-0.3, -0.25) is 6.08 Å². The summed E-state index contributed by atoms with van der Waals surface area (Å²) in [4.78, 5) is 0. The zero-order valence-electron chi connectivity index (χ0n) is 3.44. The second-order valence-corrected chi connectivity index (χ2v) is 1.00. The van der Waals surface area contributed by atoms with Crippen molar-refractivity contribution in [2.24, 2.45) is 0 Å². The van der Waals surface area contributed by atoms with E-state index in [2.05, 4.69) is 12.2 Å². The third kappa shape index (κ3) is 1.59. The molecular weight excluding hydrogens is 108 g/mol. The van der Waals surface area contributed by atoms with Crippen LogP contribution < -0.4 is 0 Å². The van der Waals surface area contributed by atoms with Crippen LogP contribution in [0.25, 0.3) is 0 Å². The summed E-state index contributed by atoms with van der Waals surface area (Å²) in [7, 11) is 0. The molecule has 0 N–H and O–H groups in total. The fraction of sp³-hybridized carbons (Fsp3) is 0.200. The molecule has 6 heavy (non-hydrogen) atoms. The minimum Gasteiger partial charge on any atom is -0.273 e. The van der Waals surface area contributed by atoms with Gasteiger partial charge in [0.05, 0.1) is 0 Å². The Bertz CT molecular complexity index is 62.0. The van der Waals surface area contributed by atoms with E-state index in [1.54, 1.807) is 0 Å². The summed E-state index contributed by atoms with van der Waals surface area (Å²) < 4.78 is 0. The average Bonchev–Trinajstić information content (AvgIpc) is 1.76. The molecule has 26 valence electrons. The molecule has 0 atom stereocenters. The SMILES string of the molecule is [C-]1=CC=CC1.[Ti+4]. The van der Waals surface area contributed by atoms with E-state index in [9.17, 15) is 0 Å². The van der Waals surface area contributed by atoms with E-state index in [1.807, 2.05) is 12.2 Å². The Kier molecular flexibility index (Phi) is 3.50. The van der Waals surface area contributed by atoms with Crippen LogP contribution in [-0.2, 0) is 21.7 Å². The van der Waals surface area contributed by atoms with Crippen LogP contribution >= 0.6 is 0 Å². The summed E-state index contributed by atoms with van der Waals surface area (Å²) >= 11 is 0. The Morgan fingerprint density at radius 1 is 1.50 bits per heavy atom. The topological polar surface area (TPSA) is 0 Å². The number of hydrogen-bond acceptors (Lipinski definition) is 0. The monoisotopic (exact) mass is 113 g/mol. The van der Waals surface area contributed by atoms with Gasteiger partial charge in [0.15, 0.2) is 0 Å². The third-order valence-electron chi connectivity index (χ3n) is 0.586. The molecular formula is C5H5Ti+3. The van der Waals surface area contributed by atoms with Gasteiger partial charge in [0.25, 0.3) is 0 Å². The minimum atomic E-state index is 0. The van der Waals surface area contributed by atoms with Crippen molar-refractivity contribution in [1.29, 1.82) is 0 Å². The summed E-state index contributed by atoms with van der Waals surface area (Å²) in [5.74, 6) is 0. The molecule has 0 bridgehead atoms. The zero-order valence-corrected chi connectivity index (χ0v) is 5.00. The summed E-state index contributed by atoms with van der Waals surface area (Å²) in [6.07, 6.45) is 10.0. The van der Waals surface area contributed by atoms with E-state index in [0.717, 1.165) is 6.42 Å². The molecule has 0 heterocycles. The van der Waals surface area contributed by atoms with Gasteiger partial charge in [0.2, 0.25) is 0 Å². The molecule has 1 aliphatic rings. The summed E-state index contributed by atoms with van der Waals surface area (Å²) in [6, 6.07) is 0. The molecule has 0 saturated carbocycles. The normalized spacial score (nSPS) is 14.7. The first-order valence-electron chi connectivity index (χ1n) is 1.72. The number of allylic oxidation sites excluding steroid dienone is 4. The quantitative estimate of drug-likeness (QED) is 0.328. The van der Waals surface area contributed by atoms with Crippen molar-refractivity contribution in [3.8, 4) is 0 Å². The molecule has 0 aliphatic heterocycles. The molecule has 0 fully saturated rings. The zero-order chi connectivity index (χ0) is 3.54. The van der Waals surface area contributed by atoms with Gasteiger partial charge >= 0.3 is 21.7 Å². The van der Waals surface area contributed by atoms with Gasteiger partial charge in [0, 0.05) is 0 Å². The van der Waals surface area contributed by atoms with Crippen LogP contribution in [0.4, 0.5) is 0 Å². The van der Waals surface area contributed by atoms with E-state index in [0.29, 0.717) is 0 Å². The molecule has 0 saturated heterocycles. The van der Waals surface area contributed by atoms with E-state index in [1.165, 1.54) is 0 Å². The van der Waals surface area contributed by atoms with Gasteiger partial charge in [-0.15, -0.1) is 6.42 Å². The Balaban J connectivity index is 0.000000250. The first-order chi connectivity index (χ1) is 2.50. The Hall–Kier alpha value is 0.194. The molecule has 0 aromatic heterocycles. The standard InChI is InChI=1S/C5H5.Ti/c1-2-4-5-3-1;/h1-3H,4H2;/q-1;+4. The van der Waals surface area contributed by atoms with Crippen molar-refractivity contribution < 1.29 is 21.7 Å². The molecule has 0 amide bonds. The summed E-state index contributed by atoms with van der Waals surface area (Å²) in [5, 5.41) is 0. The summed E-state index contributed by atoms with van der Waals surface area (Å²) in [5.41, 5.74) is 0. The maximum absolute atomic E-state index is 2.99. The van der Waals surface area contributed by atoms with Gasteiger partial charge in [-0.05, 0) is 0 Å². The summed E-state index contributed by atoms with van der Waals surface area (Å²) in [6.45, 7) is 0. The molecule has 1 heteroatoms. The predicted octanol–water partition coefficient (Wildman–Crippen LogP) is 1.30. The first-order valence-corrected chi connectivity index (χ1v) is 1.72.